The van der Waals surface area contributed by atoms with Gasteiger partial charge >= 0.3 is 0 Å². The van der Waals surface area contributed by atoms with Crippen LogP contribution in [-0.2, 0) is 11.3 Å². The van der Waals surface area contributed by atoms with Crippen molar-refractivity contribution in [3.05, 3.63) is 65.9 Å². The average Bonchev–Trinajstić information content (AvgIpc) is 3.41. The topological polar surface area (TPSA) is 34.5 Å². The molecule has 0 saturated carbocycles. The largest absolute Gasteiger partial charge is 0.497 e. The Labute approximate surface area is 185 Å². The number of para-hydroxylation sites is 1. The zero-order valence-electron chi connectivity index (χ0n) is 19.2. The monoisotopic (exact) mass is 418 g/mol. The van der Waals surface area contributed by atoms with Crippen molar-refractivity contribution < 1.29 is 9.53 Å². The third kappa shape index (κ3) is 4.63. The van der Waals surface area contributed by atoms with E-state index in [0.29, 0.717) is 12.3 Å². The number of ether oxygens (including phenoxy) is 1. The Kier molecular flexibility index (Phi) is 6.08. The highest BCUT2D eigenvalue weighted by Gasteiger charge is 2.33. The van der Waals surface area contributed by atoms with Crippen LogP contribution >= 0.6 is 0 Å². The van der Waals surface area contributed by atoms with Crippen molar-refractivity contribution in [2.24, 2.45) is 5.41 Å². The zero-order chi connectivity index (χ0) is 22.0. The maximum Gasteiger partial charge on any atom is 0.223 e. The number of aromatic nitrogens is 1. The minimum absolute atomic E-state index is 0.00947. The second kappa shape index (κ2) is 8.78. The molecule has 1 atom stereocenters. The molecular formula is C27H34N2O2. The summed E-state index contributed by atoms with van der Waals surface area (Å²) in [5.74, 6) is 1.34. The fourth-order valence-corrected chi connectivity index (χ4v) is 4.76. The van der Waals surface area contributed by atoms with Crippen molar-refractivity contribution in [2.75, 3.05) is 20.2 Å². The van der Waals surface area contributed by atoms with Crippen molar-refractivity contribution in [2.45, 2.75) is 52.5 Å². The van der Waals surface area contributed by atoms with Crippen molar-refractivity contribution in [3.8, 4) is 5.75 Å². The van der Waals surface area contributed by atoms with E-state index in [0.717, 1.165) is 38.2 Å². The van der Waals surface area contributed by atoms with E-state index in [2.05, 4.69) is 72.8 Å². The molecule has 2 heterocycles. The number of likely N-dealkylation sites (tertiary alicyclic amines) is 1. The lowest BCUT2D eigenvalue weighted by atomic mass is 9.74. The van der Waals surface area contributed by atoms with Gasteiger partial charge in [0.1, 0.15) is 5.75 Å². The number of carbonyl (C=O) groups is 1. The first kappa shape index (κ1) is 21.5. The number of benzene rings is 2. The van der Waals surface area contributed by atoms with Crippen LogP contribution in [0.5, 0.6) is 5.75 Å². The van der Waals surface area contributed by atoms with E-state index in [1.807, 2.05) is 12.1 Å². The van der Waals surface area contributed by atoms with Gasteiger partial charge in [-0.25, -0.2) is 0 Å². The van der Waals surface area contributed by atoms with E-state index in [9.17, 15) is 4.79 Å². The summed E-state index contributed by atoms with van der Waals surface area (Å²) in [7, 11) is 1.69. The quantitative estimate of drug-likeness (QED) is 0.504. The molecule has 4 nitrogen and oxygen atoms in total. The Morgan fingerprint density at radius 3 is 2.35 bits per heavy atom. The van der Waals surface area contributed by atoms with Gasteiger partial charge in [-0.2, -0.15) is 0 Å². The molecule has 1 aliphatic heterocycles. The first-order valence-electron chi connectivity index (χ1n) is 11.4. The Morgan fingerprint density at radius 1 is 1.03 bits per heavy atom. The molecule has 2 aromatic carbocycles. The van der Waals surface area contributed by atoms with Crippen LogP contribution in [0.1, 0.15) is 57.1 Å². The molecule has 0 radical (unpaired) electrons. The molecule has 164 valence electrons. The van der Waals surface area contributed by atoms with Crippen LogP contribution < -0.4 is 4.74 Å². The van der Waals surface area contributed by atoms with Crippen molar-refractivity contribution >= 4 is 16.8 Å². The summed E-state index contributed by atoms with van der Waals surface area (Å²) in [5.41, 5.74) is 3.72. The first-order chi connectivity index (χ1) is 14.9. The highest BCUT2D eigenvalue weighted by molar-refractivity contribution is 5.86. The molecule has 1 fully saturated rings. The lowest BCUT2D eigenvalue weighted by molar-refractivity contribution is -0.131. The molecule has 1 amide bonds. The number of nitrogens with zero attached hydrogens (tertiary/aromatic N) is 2. The third-order valence-electron chi connectivity index (χ3n) is 6.59. The molecule has 4 rings (SSSR count). The number of carbonyl (C=O) groups excluding carboxylic acids is 1. The van der Waals surface area contributed by atoms with Crippen LogP contribution in [0.2, 0.25) is 0 Å². The smallest absolute Gasteiger partial charge is 0.223 e. The van der Waals surface area contributed by atoms with Crippen molar-refractivity contribution in [1.82, 2.24) is 9.47 Å². The van der Waals surface area contributed by atoms with Gasteiger partial charge in [0.05, 0.1) is 7.11 Å². The summed E-state index contributed by atoms with van der Waals surface area (Å²) in [6.45, 7) is 9.38. The highest BCUT2D eigenvalue weighted by Crippen LogP contribution is 2.42. The SMILES string of the molecule is COc1ccc(Cn2cc([C@@H](CC(=O)N3CCCC3)C(C)(C)C)c3ccccc32)cc1. The molecule has 3 aromatic rings. The molecule has 0 spiro atoms. The van der Waals surface area contributed by atoms with E-state index >= 15 is 0 Å². The Morgan fingerprint density at radius 2 is 1.71 bits per heavy atom. The maximum absolute atomic E-state index is 13.1. The Hall–Kier alpha value is -2.75. The molecular weight excluding hydrogens is 384 g/mol. The average molecular weight is 419 g/mol. The minimum Gasteiger partial charge on any atom is -0.497 e. The van der Waals surface area contributed by atoms with Crippen LogP contribution in [0, 0.1) is 5.41 Å². The number of hydrogen-bond donors (Lipinski definition) is 0. The zero-order valence-corrected chi connectivity index (χ0v) is 19.2. The molecule has 4 heteroatoms. The normalized spacial score (nSPS) is 15.4. The van der Waals surface area contributed by atoms with E-state index < -0.39 is 0 Å². The second-order valence-corrected chi connectivity index (χ2v) is 9.79. The van der Waals surface area contributed by atoms with Crippen LogP contribution in [0.25, 0.3) is 10.9 Å². The van der Waals surface area contributed by atoms with Gasteiger partial charge in [0.2, 0.25) is 5.91 Å². The summed E-state index contributed by atoms with van der Waals surface area (Å²) in [4.78, 5) is 15.1. The third-order valence-corrected chi connectivity index (χ3v) is 6.59. The summed E-state index contributed by atoms with van der Waals surface area (Å²) in [5, 5.41) is 1.25. The Bertz CT molecular complexity index is 1040. The summed E-state index contributed by atoms with van der Waals surface area (Å²) in [6.07, 6.45) is 5.11. The van der Waals surface area contributed by atoms with Gasteiger partial charge in [-0.1, -0.05) is 51.1 Å². The first-order valence-corrected chi connectivity index (χ1v) is 11.4. The number of amides is 1. The lowest BCUT2D eigenvalue weighted by Crippen LogP contribution is -2.31. The number of fused-ring (bicyclic) bond motifs is 1. The van der Waals surface area contributed by atoms with E-state index in [1.54, 1.807) is 7.11 Å². The van der Waals surface area contributed by atoms with Crippen LogP contribution in [-0.4, -0.2) is 35.6 Å². The fraction of sp³-hybridized carbons (Fsp3) is 0.444. The molecule has 31 heavy (non-hydrogen) atoms. The van der Waals surface area contributed by atoms with Gasteiger partial charge in [0.15, 0.2) is 0 Å². The molecule has 1 aromatic heterocycles. The van der Waals surface area contributed by atoms with Crippen molar-refractivity contribution in [1.29, 1.82) is 0 Å². The molecule has 1 saturated heterocycles. The van der Waals surface area contributed by atoms with Gasteiger partial charge < -0.3 is 14.2 Å². The van der Waals surface area contributed by atoms with Crippen LogP contribution in [0.4, 0.5) is 0 Å². The fourth-order valence-electron chi connectivity index (χ4n) is 4.76. The van der Waals surface area contributed by atoms with Gasteiger partial charge in [0, 0.05) is 43.2 Å². The van der Waals surface area contributed by atoms with Crippen LogP contribution in [0.3, 0.4) is 0 Å². The Balaban J connectivity index is 1.69. The predicted octanol–water partition coefficient (Wildman–Crippen LogP) is 5.84. The minimum atomic E-state index is -0.00947. The van der Waals surface area contributed by atoms with Gasteiger partial charge in [-0.05, 0) is 53.5 Å². The summed E-state index contributed by atoms with van der Waals surface area (Å²) < 4.78 is 7.62. The van der Waals surface area contributed by atoms with Crippen molar-refractivity contribution in [3.63, 3.8) is 0 Å². The van der Waals surface area contributed by atoms with Gasteiger partial charge in [-0.3, -0.25) is 4.79 Å². The van der Waals surface area contributed by atoms with Gasteiger partial charge in [-0.15, -0.1) is 0 Å². The number of rotatable bonds is 6. The molecule has 0 unspecified atom stereocenters. The summed E-state index contributed by atoms with van der Waals surface area (Å²) in [6, 6.07) is 16.8. The van der Waals surface area contributed by atoms with Crippen LogP contribution in [0.15, 0.2) is 54.7 Å². The lowest BCUT2D eigenvalue weighted by Gasteiger charge is -2.31. The molecule has 1 aliphatic rings. The standard InChI is InChI=1S/C27H34N2O2/c1-27(2,3)24(17-26(30)28-15-7-8-16-28)23-19-29(25-10-6-5-9-22(23)25)18-20-11-13-21(31-4)14-12-20/h5-6,9-14,19,24H,7-8,15-18H2,1-4H3/t24-/m1/s1. The van der Waals surface area contributed by atoms with Gasteiger partial charge in [0.25, 0.3) is 0 Å². The van der Waals surface area contributed by atoms with E-state index in [1.165, 1.54) is 22.0 Å². The maximum atomic E-state index is 13.1. The number of methoxy groups -OCH3 is 1. The molecule has 0 aliphatic carbocycles. The van der Waals surface area contributed by atoms with E-state index in [4.69, 9.17) is 4.74 Å². The predicted molar refractivity (Wildman–Crippen MR) is 127 cm³/mol. The molecule has 0 N–H and O–H groups in total. The number of hydrogen-bond acceptors (Lipinski definition) is 2. The molecule has 0 bridgehead atoms. The summed E-state index contributed by atoms with van der Waals surface area (Å²) >= 11 is 0. The highest BCUT2D eigenvalue weighted by atomic mass is 16.5. The second-order valence-electron chi connectivity index (χ2n) is 9.79. The van der Waals surface area contributed by atoms with E-state index in [-0.39, 0.29) is 11.3 Å².